The summed E-state index contributed by atoms with van der Waals surface area (Å²) in [4.78, 5) is 27.5. The number of hydrogen-bond donors (Lipinski definition) is 2. The first kappa shape index (κ1) is 25.6. The minimum atomic E-state index is -0.623. The van der Waals surface area contributed by atoms with Crippen LogP contribution in [0.4, 0.5) is 0 Å². The van der Waals surface area contributed by atoms with Gasteiger partial charge in [0.05, 0.1) is 17.2 Å². The van der Waals surface area contributed by atoms with E-state index in [1.165, 1.54) is 7.11 Å². The molecule has 0 aromatic heterocycles. The maximum Gasteiger partial charge on any atom is 0.337 e. The molecule has 2 aromatic rings. The van der Waals surface area contributed by atoms with Gasteiger partial charge >= 0.3 is 5.97 Å². The number of esters is 1. The van der Waals surface area contributed by atoms with Gasteiger partial charge < -0.3 is 19.9 Å². The Hall–Kier alpha value is -3.06. The number of Topliss-reactive ketones (excluding diaryl/α,β-unsaturated/α-hetero) is 1. The lowest BCUT2D eigenvalue weighted by atomic mass is 9.71. The van der Waals surface area contributed by atoms with Crippen molar-refractivity contribution < 1.29 is 24.2 Å². The number of ketones is 1. The minimum absolute atomic E-state index is 0.00577. The van der Waals surface area contributed by atoms with Gasteiger partial charge in [-0.05, 0) is 84.1 Å². The number of halogens is 1. The van der Waals surface area contributed by atoms with Crippen LogP contribution in [0.5, 0.6) is 11.5 Å². The molecule has 2 N–H and O–H groups in total. The molecular formula is C30H32BrNO5. The first-order valence-electron chi connectivity index (χ1n) is 12.9. The van der Waals surface area contributed by atoms with Gasteiger partial charge in [-0.3, -0.25) is 4.79 Å². The lowest BCUT2D eigenvalue weighted by Gasteiger charge is -2.37. The normalized spacial score (nSPS) is 22.4. The van der Waals surface area contributed by atoms with Gasteiger partial charge in [0.25, 0.3) is 0 Å². The Morgan fingerprint density at radius 2 is 1.78 bits per heavy atom. The predicted octanol–water partition coefficient (Wildman–Crippen LogP) is 6.40. The van der Waals surface area contributed by atoms with Gasteiger partial charge in [-0.1, -0.05) is 36.8 Å². The molecule has 194 valence electrons. The molecule has 0 bridgehead atoms. The molecule has 6 nitrogen and oxygen atoms in total. The summed E-state index contributed by atoms with van der Waals surface area (Å²) in [6.45, 7) is 1.87. The van der Waals surface area contributed by atoms with Gasteiger partial charge in [0.1, 0.15) is 6.10 Å². The van der Waals surface area contributed by atoms with Crippen molar-refractivity contribution >= 4 is 27.7 Å². The van der Waals surface area contributed by atoms with E-state index in [0.717, 1.165) is 43.4 Å². The number of hydrogen-bond acceptors (Lipinski definition) is 6. The molecule has 0 unspecified atom stereocenters. The summed E-state index contributed by atoms with van der Waals surface area (Å²) in [7, 11) is 1.48. The number of carbonyl (C=O) groups excluding carboxylic acids is 2. The summed E-state index contributed by atoms with van der Waals surface area (Å²) in [6.07, 6.45) is 5.91. The number of nitrogens with one attached hydrogen (secondary N) is 1. The van der Waals surface area contributed by atoms with E-state index >= 15 is 0 Å². The zero-order valence-corrected chi connectivity index (χ0v) is 22.8. The average Bonchev–Trinajstić information content (AvgIpc) is 2.90. The molecular weight excluding hydrogens is 534 g/mol. The monoisotopic (exact) mass is 565 g/mol. The van der Waals surface area contributed by atoms with Crippen LogP contribution in [0.2, 0.25) is 0 Å². The predicted molar refractivity (Wildman–Crippen MR) is 144 cm³/mol. The fourth-order valence-electron chi connectivity index (χ4n) is 5.92. The van der Waals surface area contributed by atoms with E-state index in [2.05, 4.69) is 33.4 Å². The highest BCUT2D eigenvalue weighted by molar-refractivity contribution is 9.10. The van der Waals surface area contributed by atoms with E-state index in [1.807, 2.05) is 25.1 Å². The number of benzene rings is 2. The van der Waals surface area contributed by atoms with E-state index in [4.69, 9.17) is 9.47 Å². The Labute approximate surface area is 225 Å². The molecule has 1 heterocycles. The van der Waals surface area contributed by atoms with E-state index in [-0.39, 0.29) is 29.3 Å². The van der Waals surface area contributed by atoms with E-state index in [0.29, 0.717) is 39.7 Å². The fraction of sp³-hybridized carbons (Fsp3) is 0.400. The molecule has 0 spiro atoms. The molecule has 1 aliphatic heterocycles. The lowest BCUT2D eigenvalue weighted by molar-refractivity contribution is -0.146. The van der Waals surface area contributed by atoms with Crippen LogP contribution in [0.1, 0.15) is 74.8 Å². The maximum absolute atomic E-state index is 13.8. The highest BCUT2D eigenvalue weighted by atomic mass is 79.9. The van der Waals surface area contributed by atoms with E-state index < -0.39 is 11.9 Å². The van der Waals surface area contributed by atoms with E-state index in [1.54, 1.807) is 12.1 Å². The topological polar surface area (TPSA) is 84.9 Å². The number of rotatable bonds is 5. The number of carbonyl (C=O) groups is 2. The molecule has 1 fully saturated rings. The van der Waals surface area contributed by atoms with Crippen LogP contribution in [-0.4, -0.2) is 30.1 Å². The highest BCUT2D eigenvalue weighted by Gasteiger charge is 2.42. The quantitative estimate of drug-likeness (QED) is 0.408. The molecule has 1 saturated carbocycles. The standard InChI is InChI=1S/C30H32BrNO5/c1-17-26(30(35)37-21-11-7-4-8-12-21)27(20-13-22(31)29(34)25(16-20)36-2)28-23(32-17)14-19(15-24(28)33)18-9-5-3-6-10-18/h3,5-6,9-10,13,16,19,21,27,32,34H,4,7-8,11-12,14-15H2,1-2H3/t19-,27+/m0/s1. The molecule has 37 heavy (non-hydrogen) atoms. The second-order valence-corrected chi connectivity index (χ2v) is 11.0. The molecule has 2 atom stereocenters. The van der Waals surface area contributed by atoms with Gasteiger partial charge in [-0.15, -0.1) is 0 Å². The minimum Gasteiger partial charge on any atom is -0.503 e. The van der Waals surface area contributed by atoms with Crippen molar-refractivity contribution in [2.24, 2.45) is 0 Å². The SMILES string of the molecule is COc1cc([C@@H]2C(C(=O)OC3CCCCC3)=C(C)NC3=C2C(=O)C[C@@H](c2ccccc2)C3)cc(Br)c1O. The fourth-order valence-corrected chi connectivity index (χ4v) is 6.38. The summed E-state index contributed by atoms with van der Waals surface area (Å²) in [5.74, 6) is -0.706. The molecule has 5 rings (SSSR count). The molecule has 0 amide bonds. The third kappa shape index (κ3) is 5.06. The summed E-state index contributed by atoms with van der Waals surface area (Å²) >= 11 is 3.42. The Morgan fingerprint density at radius 3 is 2.49 bits per heavy atom. The largest absolute Gasteiger partial charge is 0.503 e. The summed E-state index contributed by atoms with van der Waals surface area (Å²) in [6, 6.07) is 13.5. The third-order valence-corrected chi connectivity index (χ3v) is 8.35. The van der Waals surface area contributed by atoms with Crippen molar-refractivity contribution in [3.8, 4) is 11.5 Å². The summed E-state index contributed by atoms with van der Waals surface area (Å²) in [5, 5.41) is 13.9. The van der Waals surface area contributed by atoms with Crippen molar-refractivity contribution in [1.82, 2.24) is 5.32 Å². The number of ether oxygens (including phenoxy) is 2. The van der Waals surface area contributed by atoms with Crippen LogP contribution in [0.25, 0.3) is 0 Å². The summed E-state index contributed by atoms with van der Waals surface area (Å²) in [5.41, 5.74) is 4.37. The number of allylic oxidation sites excluding steroid dienone is 3. The van der Waals surface area contributed by atoms with Crippen molar-refractivity contribution in [1.29, 1.82) is 0 Å². The molecule has 0 radical (unpaired) electrons. The van der Waals surface area contributed by atoms with Crippen molar-refractivity contribution in [2.75, 3.05) is 7.11 Å². The van der Waals surface area contributed by atoms with Gasteiger partial charge in [-0.25, -0.2) is 4.79 Å². The lowest BCUT2D eigenvalue weighted by Crippen LogP contribution is -2.37. The molecule has 2 aromatic carbocycles. The van der Waals surface area contributed by atoms with Crippen molar-refractivity contribution in [3.05, 3.63) is 80.6 Å². The van der Waals surface area contributed by atoms with Crippen LogP contribution < -0.4 is 10.1 Å². The molecule has 0 saturated heterocycles. The first-order valence-corrected chi connectivity index (χ1v) is 13.7. The van der Waals surface area contributed by atoms with Crippen LogP contribution in [0.3, 0.4) is 0 Å². The van der Waals surface area contributed by atoms with Crippen LogP contribution in [0, 0.1) is 0 Å². The number of methoxy groups -OCH3 is 1. The Kier molecular flexibility index (Phi) is 7.43. The number of dihydropyridines is 1. The Bertz CT molecular complexity index is 1280. The van der Waals surface area contributed by atoms with Gasteiger partial charge in [-0.2, -0.15) is 0 Å². The zero-order valence-electron chi connectivity index (χ0n) is 21.2. The molecule has 2 aliphatic carbocycles. The maximum atomic E-state index is 13.8. The Morgan fingerprint density at radius 1 is 1.05 bits per heavy atom. The van der Waals surface area contributed by atoms with Crippen LogP contribution in [-0.2, 0) is 14.3 Å². The number of phenols is 1. The van der Waals surface area contributed by atoms with Crippen LogP contribution in [0.15, 0.2) is 69.5 Å². The highest BCUT2D eigenvalue weighted by Crippen LogP contribution is 2.48. The number of aromatic hydroxyl groups is 1. The number of phenolic OH excluding ortho intramolecular Hbond substituents is 1. The average molecular weight is 566 g/mol. The smallest absolute Gasteiger partial charge is 0.337 e. The second kappa shape index (κ2) is 10.7. The first-order chi connectivity index (χ1) is 17.9. The van der Waals surface area contributed by atoms with E-state index in [9.17, 15) is 14.7 Å². The third-order valence-electron chi connectivity index (χ3n) is 7.75. The zero-order chi connectivity index (χ0) is 26.1. The van der Waals surface area contributed by atoms with Gasteiger partial charge in [0.15, 0.2) is 17.3 Å². The van der Waals surface area contributed by atoms with Crippen LogP contribution >= 0.6 is 15.9 Å². The molecule has 7 heteroatoms. The molecule has 3 aliphatic rings. The summed E-state index contributed by atoms with van der Waals surface area (Å²) < 4.78 is 11.9. The van der Waals surface area contributed by atoms with Crippen molar-refractivity contribution in [3.63, 3.8) is 0 Å². The van der Waals surface area contributed by atoms with Gasteiger partial charge in [0, 0.05) is 29.3 Å². The van der Waals surface area contributed by atoms with Crippen molar-refractivity contribution in [2.45, 2.75) is 69.8 Å². The Balaban J connectivity index is 1.58. The van der Waals surface area contributed by atoms with Gasteiger partial charge in [0.2, 0.25) is 0 Å². The second-order valence-electron chi connectivity index (χ2n) is 10.1.